The SMILES string of the molecule is CCO.COc1cc([C@@H]2[C@H]3CN(C)CC=C3C(C#N)=C(N)C2(C#N)C#N)cc2c1OCO2. The van der Waals surface area contributed by atoms with Crippen LogP contribution in [0.3, 0.4) is 0 Å². The zero-order valence-corrected chi connectivity index (χ0v) is 18.3. The van der Waals surface area contributed by atoms with E-state index < -0.39 is 11.3 Å². The number of aliphatic hydroxyl groups is 1. The summed E-state index contributed by atoms with van der Waals surface area (Å²) in [7, 11) is 3.48. The summed E-state index contributed by atoms with van der Waals surface area (Å²) >= 11 is 0. The van der Waals surface area contributed by atoms with Crippen molar-refractivity contribution in [2.24, 2.45) is 17.1 Å². The Labute approximate surface area is 187 Å². The summed E-state index contributed by atoms with van der Waals surface area (Å²) in [5.41, 5.74) is 6.32. The van der Waals surface area contributed by atoms with Gasteiger partial charge in [-0.3, -0.25) is 0 Å². The van der Waals surface area contributed by atoms with Crippen LogP contribution in [0.5, 0.6) is 17.2 Å². The van der Waals surface area contributed by atoms with Crippen molar-refractivity contribution in [2.75, 3.05) is 40.6 Å². The molecular weight excluding hydrogens is 410 g/mol. The predicted molar refractivity (Wildman–Crippen MR) is 114 cm³/mol. The molecule has 0 bridgehead atoms. The minimum absolute atomic E-state index is 0.00122. The Hall–Kier alpha value is -3.71. The number of nitrogens with two attached hydrogens (primary N) is 1. The summed E-state index contributed by atoms with van der Waals surface area (Å²) in [6.45, 7) is 3.24. The first-order valence-corrected chi connectivity index (χ1v) is 10.1. The fourth-order valence-corrected chi connectivity index (χ4v) is 4.53. The third-order valence-electron chi connectivity index (χ3n) is 5.89. The van der Waals surface area contributed by atoms with Gasteiger partial charge in [0.05, 0.1) is 30.5 Å². The number of nitrogens with zero attached hydrogens (tertiary/aromatic N) is 4. The summed E-state index contributed by atoms with van der Waals surface area (Å²) in [5.74, 6) is 0.576. The number of hydrogen-bond acceptors (Lipinski definition) is 9. The highest BCUT2D eigenvalue weighted by Crippen LogP contribution is 2.56. The largest absolute Gasteiger partial charge is 0.493 e. The standard InChI is InChI=1S/C21H19N5O3.C2H6O/c1-26-4-3-13-14(7-22)20(25)21(9-23,10-24)18(15(13)8-26)12-5-16(27-2)19-17(6-12)28-11-29-19;1-2-3/h3,5-6,15,18H,4,8,11,25H2,1-2H3;3H,2H2,1H3/t15-,18+;/m0./s1. The van der Waals surface area contributed by atoms with Crippen LogP contribution in [-0.2, 0) is 0 Å². The molecule has 2 atom stereocenters. The summed E-state index contributed by atoms with van der Waals surface area (Å²) in [5, 5.41) is 37.5. The van der Waals surface area contributed by atoms with Gasteiger partial charge in [-0.2, -0.15) is 15.8 Å². The second kappa shape index (κ2) is 9.20. The number of benzene rings is 1. The van der Waals surface area contributed by atoms with Gasteiger partial charge in [-0.15, -0.1) is 0 Å². The number of aliphatic hydroxyl groups excluding tert-OH is 1. The van der Waals surface area contributed by atoms with Gasteiger partial charge in [0.25, 0.3) is 0 Å². The lowest BCUT2D eigenvalue weighted by Crippen LogP contribution is -2.47. The van der Waals surface area contributed by atoms with Crippen LogP contribution in [-0.4, -0.2) is 50.7 Å². The van der Waals surface area contributed by atoms with E-state index in [1.165, 1.54) is 7.11 Å². The van der Waals surface area contributed by atoms with Crippen molar-refractivity contribution in [3.8, 4) is 35.5 Å². The molecular formula is C23H25N5O4. The van der Waals surface area contributed by atoms with Crippen molar-refractivity contribution in [1.82, 2.24) is 4.90 Å². The van der Waals surface area contributed by atoms with Crippen LogP contribution in [0.25, 0.3) is 0 Å². The summed E-state index contributed by atoms with van der Waals surface area (Å²) in [6, 6.07) is 9.92. The molecule has 9 heteroatoms. The average Bonchev–Trinajstić information content (AvgIpc) is 3.27. The molecule has 0 fully saturated rings. The first-order chi connectivity index (χ1) is 15.4. The number of methoxy groups -OCH3 is 1. The lowest BCUT2D eigenvalue weighted by atomic mass is 9.58. The highest BCUT2D eigenvalue weighted by atomic mass is 16.7. The van der Waals surface area contributed by atoms with E-state index in [0.717, 1.165) is 5.57 Å². The molecule has 2 heterocycles. The Bertz CT molecular complexity index is 1080. The van der Waals surface area contributed by atoms with Gasteiger partial charge in [0.2, 0.25) is 12.5 Å². The van der Waals surface area contributed by atoms with Gasteiger partial charge in [-0.05, 0) is 37.2 Å². The topological polar surface area (TPSA) is 149 Å². The first-order valence-electron chi connectivity index (χ1n) is 10.1. The Kier molecular flexibility index (Phi) is 6.60. The maximum Gasteiger partial charge on any atom is 0.231 e. The number of ether oxygens (including phenoxy) is 3. The van der Waals surface area contributed by atoms with E-state index in [4.69, 9.17) is 25.1 Å². The highest BCUT2D eigenvalue weighted by molar-refractivity contribution is 5.62. The van der Waals surface area contributed by atoms with Gasteiger partial charge in [0, 0.05) is 31.5 Å². The quantitative estimate of drug-likeness (QED) is 0.709. The van der Waals surface area contributed by atoms with E-state index in [9.17, 15) is 15.8 Å². The maximum atomic E-state index is 10.1. The highest BCUT2D eigenvalue weighted by Gasteiger charge is 2.54. The van der Waals surface area contributed by atoms with Crippen LogP contribution in [0.2, 0.25) is 0 Å². The second-order valence-electron chi connectivity index (χ2n) is 7.67. The van der Waals surface area contributed by atoms with Gasteiger partial charge in [0.1, 0.15) is 6.07 Å². The molecule has 166 valence electrons. The molecule has 0 saturated carbocycles. The van der Waals surface area contributed by atoms with Gasteiger partial charge >= 0.3 is 0 Å². The molecule has 3 N–H and O–H groups in total. The Balaban J connectivity index is 0.000000913. The molecule has 4 rings (SSSR count). The maximum absolute atomic E-state index is 10.1. The van der Waals surface area contributed by atoms with Crippen molar-refractivity contribution in [1.29, 1.82) is 15.8 Å². The van der Waals surface area contributed by atoms with Crippen LogP contribution in [0.4, 0.5) is 0 Å². The number of fused-ring (bicyclic) bond motifs is 2. The number of allylic oxidation sites excluding steroid dienone is 2. The van der Waals surface area contributed by atoms with E-state index in [2.05, 4.69) is 23.1 Å². The number of hydrogen-bond donors (Lipinski definition) is 2. The number of rotatable bonds is 2. The molecule has 0 spiro atoms. The summed E-state index contributed by atoms with van der Waals surface area (Å²) < 4.78 is 16.5. The van der Waals surface area contributed by atoms with Crippen molar-refractivity contribution in [3.63, 3.8) is 0 Å². The second-order valence-corrected chi connectivity index (χ2v) is 7.67. The van der Waals surface area contributed by atoms with E-state index in [1.807, 2.05) is 13.1 Å². The van der Waals surface area contributed by atoms with E-state index in [0.29, 0.717) is 35.9 Å². The van der Waals surface area contributed by atoms with Gasteiger partial charge in [0.15, 0.2) is 16.9 Å². The summed E-state index contributed by atoms with van der Waals surface area (Å²) in [4.78, 5) is 2.08. The normalized spacial score (nSPS) is 22.8. The Morgan fingerprint density at radius 2 is 1.97 bits per heavy atom. The van der Waals surface area contributed by atoms with Crippen LogP contribution >= 0.6 is 0 Å². The minimum atomic E-state index is -1.69. The fraction of sp³-hybridized carbons (Fsp3) is 0.435. The number of nitriles is 3. The third-order valence-corrected chi connectivity index (χ3v) is 5.89. The predicted octanol–water partition coefficient (Wildman–Crippen LogP) is 1.78. The lowest BCUT2D eigenvalue weighted by Gasteiger charge is -2.45. The molecule has 0 unspecified atom stereocenters. The zero-order chi connectivity index (χ0) is 23.5. The van der Waals surface area contributed by atoms with Crippen molar-refractivity contribution in [3.05, 3.63) is 40.6 Å². The first kappa shape index (κ1) is 23.0. The van der Waals surface area contributed by atoms with E-state index in [-0.39, 0.29) is 30.6 Å². The summed E-state index contributed by atoms with van der Waals surface area (Å²) in [6.07, 6.45) is 1.95. The van der Waals surface area contributed by atoms with Crippen LogP contribution in [0.15, 0.2) is 35.1 Å². The minimum Gasteiger partial charge on any atom is -0.493 e. The lowest BCUT2D eigenvalue weighted by molar-refractivity contribution is 0.171. The molecule has 0 saturated heterocycles. The molecule has 32 heavy (non-hydrogen) atoms. The molecule has 0 radical (unpaired) electrons. The molecule has 1 aromatic carbocycles. The molecule has 0 amide bonds. The van der Waals surface area contributed by atoms with Crippen LogP contribution in [0.1, 0.15) is 18.4 Å². The van der Waals surface area contributed by atoms with Gasteiger partial charge < -0.3 is 30.0 Å². The number of likely N-dealkylation sites (N-methyl/N-ethyl adjacent to an activating group) is 1. The molecule has 1 aliphatic carbocycles. The van der Waals surface area contributed by atoms with Crippen molar-refractivity contribution < 1.29 is 19.3 Å². The molecule has 2 aliphatic heterocycles. The van der Waals surface area contributed by atoms with Gasteiger partial charge in [-0.1, -0.05) is 6.08 Å². The molecule has 1 aromatic rings. The van der Waals surface area contributed by atoms with E-state index >= 15 is 0 Å². The zero-order valence-electron chi connectivity index (χ0n) is 18.3. The molecule has 9 nitrogen and oxygen atoms in total. The van der Waals surface area contributed by atoms with Crippen LogP contribution < -0.4 is 19.9 Å². The average molecular weight is 435 g/mol. The Morgan fingerprint density at radius 1 is 1.28 bits per heavy atom. The van der Waals surface area contributed by atoms with Gasteiger partial charge in [-0.25, -0.2) is 0 Å². The smallest absolute Gasteiger partial charge is 0.231 e. The monoisotopic (exact) mass is 435 g/mol. The van der Waals surface area contributed by atoms with E-state index in [1.54, 1.807) is 19.1 Å². The van der Waals surface area contributed by atoms with Crippen molar-refractivity contribution in [2.45, 2.75) is 12.8 Å². The molecule has 0 aromatic heterocycles. The molecule has 3 aliphatic rings. The van der Waals surface area contributed by atoms with Crippen LogP contribution in [0, 0.1) is 45.3 Å². The van der Waals surface area contributed by atoms with Crippen molar-refractivity contribution >= 4 is 0 Å². The fourth-order valence-electron chi connectivity index (χ4n) is 4.53. The third kappa shape index (κ3) is 3.50. The Morgan fingerprint density at radius 3 is 2.56 bits per heavy atom.